The van der Waals surface area contributed by atoms with Gasteiger partial charge in [0.1, 0.15) is 0 Å². The lowest BCUT2D eigenvalue weighted by molar-refractivity contribution is 0.103. The summed E-state index contributed by atoms with van der Waals surface area (Å²) in [5.74, 6) is -0.896. The maximum atomic E-state index is 13.5. The molecule has 0 saturated carbocycles. The predicted octanol–water partition coefficient (Wildman–Crippen LogP) is 3.36. The first-order valence-corrected chi connectivity index (χ1v) is 6.08. The molecule has 0 amide bonds. The van der Waals surface area contributed by atoms with Crippen LogP contribution in [0.2, 0.25) is 0 Å². The lowest BCUT2D eigenvalue weighted by Crippen LogP contribution is -2.07. The van der Waals surface area contributed by atoms with Crippen molar-refractivity contribution in [3.63, 3.8) is 0 Å². The number of halogens is 2. The normalized spacial score (nSPS) is 10.3. The van der Waals surface area contributed by atoms with Crippen LogP contribution in [-0.2, 0) is 0 Å². The van der Waals surface area contributed by atoms with Crippen LogP contribution in [0.15, 0.2) is 36.7 Å². The summed E-state index contributed by atoms with van der Waals surface area (Å²) in [6.07, 6.45) is 2.47. The summed E-state index contributed by atoms with van der Waals surface area (Å²) in [4.78, 5) is 15.8. The molecule has 1 aromatic carbocycles. The Balaban J connectivity index is 2.52. The highest BCUT2D eigenvalue weighted by molar-refractivity contribution is 14.1. The first kappa shape index (κ1) is 12.2. The summed E-state index contributed by atoms with van der Waals surface area (Å²) in [6.45, 7) is 1.92. The minimum atomic E-state index is -0.588. The summed E-state index contributed by atoms with van der Waals surface area (Å²) < 4.78 is 14.3. The van der Waals surface area contributed by atoms with Crippen molar-refractivity contribution in [2.75, 3.05) is 0 Å². The minimum absolute atomic E-state index is 0.0588. The molecule has 17 heavy (non-hydrogen) atoms. The van der Waals surface area contributed by atoms with Crippen LogP contribution in [0.4, 0.5) is 4.39 Å². The molecule has 1 heterocycles. The smallest absolute Gasteiger partial charge is 0.197 e. The van der Waals surface area contributed by atoms with Crippen molar-refractivity contribution in [2.24, 2.45) is 0 Å². The van der Waals surface area contributed by atoms with Crippen molar-refractivity contribution in [3.05, 3.63) is 62.7 Å². The fourth-order valence-corrected chi connectivity index (χ4v) is 2.13. The fraction of sp³-hybridized carbons (Fsp3) is 0.0769. The van der Waals surface area contributed by atoms with Gasteiger partial charge in [0.25, 0.3) is 0 Å². The van der Waals surface area contributed by atoms with Crippen LogP contribution in [0.3, 0.4) is 0 Å². The molecule has 0 unspecified atom stereocenters. The second-order valence-corrected chi connectivity index (χ2v) is 4.70. The molecule has 86 valence electrons. The quantitative estimate of drug-likeness (QED) is 0.619. The van der Waals surface area contributed by atoms with Crippen LogP contribution in [0, 0.1) is 16.3 Å². The number of nitrogens with zero attached hydrogens (tertiary/aromatic N) is 1. The summed E-state index contributed by atoms with van der Waals surface area (Å²) in [6, 6.07) is 6.82. The highest BCUT2D eigenvalue weighted by Gasteiger charge is 2.16. The molecule has 0 aliphatic heterocycles. The van der Waals surface area contributed by atoms with E-state index in [2.05, 4.69) is 27.6 Å². The van der Waals surface area contributed by atoms with Gasteiger partial charge >= 0.3 is 0 Å². The van der Waals surface area contributed by atoms with Gasteiger partial charge in [0, 0.05) is 15.3 Å². The zero-order valence-corrected chi connectivity index (χ0v) is 11.2. The molecule has 0 aliphatic carbocycles. The van der Waals surface area contributed by atoms with Gasteiger partial charge in [0.05, 0.1) is 11.8 Å². The summed E-state index contributed by atoms with van der Waals surface area (Å²) in [5, 5.41) is 0. The Bertz CT molecular complexity index is 583. The monoisotopic (exact) mass is 341 g/mol. The van der Waals surface area contributed by atoms with Gasteiger partial charge < -0.3 is 0 Å². The third kappa shape index (κ3) is 2.36. The van der Waals surface area contributed by atoms with E-state index in [0.717, 1.165) is 15.3 Å². The van der Waals surface area contributed by atoms with E-state index in [9.17, 15) is 9.18 Å². The third-order valence-corrected chi connectivity index (χ3v) is 3.89. The van der Waals surface area contributed by atoms with Gasteiger partial charge in [0.15, 0.2) is 11.6 Å². The van der Waals surface area contributed by atoms with Crippen molar-refractivity contribution in [1.82, 2.24) is 4.98 Å². The topological polar surface area (TPSA) is 30.0 Å². The van der Waals surface area contributed by atoms with Crippen molar-refractivity contribution in [2.45, 2.75) is 6.92 Å². The number of aromatic nitrogens is 1. The number of carbonyl (C=O) groups is 1. The van der Waals surface area contributed by atoms with E-state index in [-0.39, 0.29) is 11.3 Å². The number of carbonyl (C=O) groups excluding carboxylic acids is 1. The molecule has 0 saturated heterocycles. The number of benzene rings is 1. The predicted molar refractivity (Wildman–Crippen MR) is 71.5 cm³/mol. The number of ketones is 1. The molecule has 0 N–H and O–H groups in total. The van der Waals surface area contributed by atoms with Crippen molar-refractivity contribution in [1.29, 1.82) is 0 Å². The van der Waals surface area contributed by atoms with Crippen molar-refractivity contribution in [3.8, 4) is 0 Å². The van der Waals surface area contributed by atoms with Crippen LogP contribution in [0.1, 0.15) is 21.5 Å². The molecule has 0 atom stereocenters. The minimum Gasteiger partial charge on any atom is -0.288 e. The first-order chi connectivity index (χ1) is 8.11. The Morgan fingerprint density at radius 1 is 1.29 bits per heavy atom. The van der Waals surface area contributed by atoms with Gasteiger partial charge in [-0.1, -0.05) is 12.1 Å². The van der Waals surface area contributed by atoms with Gasteiger partial charge in [0.2, 0.25) is 0 Å². The van der Waals surface area contributed by atoms with E-state index in [4.69, 9.17) is 0 Å². The van der Waals surface area contributed by atoms with E-state index < -0.39 is 5.82 Å². The molecule has 1 aromatic heterocycles. The second-order valence-electron chi connectivity index (χ2n) is 3.62. The molecule has 0 fully saturated rings. The second kappa shape index (κ2) is 4.91. The average molecular weight is 341 g/mol. The Hall–Kier alpha value is -1.30. The van der Waals surface area contributed by atoms with Gasteiger partial charge in [-0.3, -0.25) is 9.78 Å². The number of rotatable bonds is 2. The summed E-state index contributed by atoms with van der Waals surface area (Å²) in [5.41, 5.74) is 1.59. The Morgan fingerprint density at radius 3 is 2.76 bits per heavy atom. The first-order valence-electron chi connectivity index (χ1n) is 5.00. The molecule has 2 nitrogen and oxygen atoms in total. The Kier molecular flexibility index (Phi) is 3.51. The number of aryl methyl sites for hydroxylation is 1. The summed E-state index contributed by atoms with van der Waals surface area (Å²) in [7, 11) is 0. The molecular formula is C13H9FINO. The highest BCUT2D eigenvalue weighted by atomic mass is 127. The van der Waals surface area contributed by atoms with Gasteiger partial charge in [-0.25, -0.2) is 4.39 Å². The zero-order chi connectivity index (χ0) is 12.4. The Labute approximate surface area is 112 Å². The molecule has 2 aromatic rings. The van der Waals surface area contributed by atoms with E-state index in [1.807, 2.05) is 13.0 Å². The van der Waals surface area contributed by atoms with E-state index in [1.54, 1.807) is 12.1 Å². The van der Waals surface area contributed by atoms with Crippen LogP contribution < -0.4 is 0 Å². The Morgan fingerprint density at radius 2 is 2.06 bits per heavy atom. The lowest BCUT2D eigenvalue weighted by atomic mass is 10.0. The number of hydrogen-bond donors (Lipinski definition) is 0. The van der Waals surface area contributed by atoms with E-state index >= 15 is 0 Å². The fourth-order valence-electron chi connectivity index (χ4n) is 1.53. The molecular weight excluding hydrogens is 332 g/mol. The maximum absolute atomic E-state index is 13.5. The van der Waals surface area contributed by atoms with Crippen LogP contribution >= 0.6 is 22.6 Å². The third-order valence-electron chi connectivity index (χ3n) is 2.45. The maximum Gasteiger partial charge on any atom is 0.197 e. The van der Waals surface area contributed by atoms with E-state index in [0.29, 0.717) is 5.56 Å². The summed E-state index contributed by atoms with van der Waals surface area (Å²) >= 11 is 2.10. The lowest BCUT2D eigenvalue weighted by Gasteiger charge is -2.06. The largest absolute Gasteiger partial charge is 0.288 e. The average Bonchev–Trinajstić information content (AvgIpc) is 2.32. The molecule has 4 heteroatoms. The van der Waals surface area contributed by atoms with E-state index in [1.165, 1.54) is 12.3 Å². The SMILES string of the molecule is Cc1cccc(C(=O)c2ccncc2F)c1I. The highest BCUT2D eigenvalue weighted by Crippen LogP contribution is 2.20. The van der Waals surface area contributed by atoms with Gasteiger partial charge in [-0.05, 0) is 47.2 Å². The van der Waals surface area contributed by atoms with Crippen LogP contribution in [0.25, 0.3) is 0 Å². The molecule has 2 rings (SSSR count). The standard InChI is InChI=1S/C13H9FINO/c1-8-3-2-4-10(12(8)15)13(17)9-5-6-16-7-11(9)14/h2-7H,1H3. The van der Waals surface area contributed by atoms with Crippen molar-refractivity contribution >= 4 is 28.4 Å². The van der Waals surface area contributed by atoms with Crippen molar-refractivity contribution < 1.29 is 9.18 Å². The number of hydrogen-bond acceptors (Lipinski definition) is 2. The molecule has 0 aliphatic rings. The van der Waals surface area contributed by atoms with Crippen LogP contribution in [0.5, 0.6) is 0 Å². The molecule has 0 spiro atoms. The zero-order valence-electron chi connectivity index (χ0n) is 9.08. The van der Waals surface area contributed by atoms with Crippen LogP contribution in [-0.4, -0.2) is 10.8 Å². The van der Waals surface area contributed by atoms with Gasteiger partial charge in [-0.2, -0.15) is 0 Å². The number of pyridine rings is 1. The molecule has 0 bridgehead atoms. The van der Waals surface area contributed by atoms with Gasteiger partial charge in [-0.15, -0.1) is 0 Å². The molecule has 0 radical (unpaired) electrons.